The van der Waals surface area contributed by atoms with Crippen molar-refractivity contribution in [1.29, 1.82) is 0 Å². The lowest BCUT2D eigenvalue weighted by Crippen LogP contribution is -2.20. The van der Waals surface area contributed by atoms with Gasteiger partial charge in [0.15, 0.2) is 0 Å². The zero-order valence-electron chi connectivity index (χ0n) is 9.67. The van der Waals surface area contributed by atoms with Crippen molar-refractivity contribution in [2.75, 3.05) is 13.9 Å². The standard InChI is InChI=1S/C11H18N2O3/c1-13-10(3-4-12-13)9-5-8(14)6-11(9)16-7-15-2/h3-4,8-9,11,14H,5-7H2,1-2H3. The first-order valence-corrected chi connectivity index (χ1v) is 5.49. The normalized spacial score (nSPS) is 29.8. The van der Waals surface area contributed by atoms with Crippen LogP contribution in [0.5, 0.6) is 0 Å². The Morgan fingerprint density at radius 3 is 3.00 bits per heavy atom. The lowest BCUT2D eigenvalue weighted by Gasteiger charge is -2.19. The maximum atomic E-state index is 9.71. The summed E-state index contributed by atoms with van der Waals surface area (Å²) in [5, 5.41) is 13.9. The molecule has 90 valence electrons. The third kappa shape index (κ3) is 2.26. The van der Waals surface area contributed by atoms with Crippen molar-refractivity contribution < 1.29 is 14.6 Å². The number of aliphatic hydroxyl groups excluding tert-OH is 1. The second kappa shape index (κ2) is 4.95. The van der Waals surface area contributed by atoms with Crippen LogP contribution in [0.15, 0.2) is 12.3 Å². The van der Waals surface area contributed by atoms with Gasteiger partial charge in [0, 0.05) is 38.4 Å². The van der Waals surface area contributed by atoms with Crippen LogP contribution in [-0.4, -0.2) is 41.0 Å². The summed E-state index contributed by atoms with van der Waals surface area (Å²) in [6, 6.07) is 1.98. The molecular formula is C11H18N2O3. The molecule has 16 heavy (non-hydrogen) atoms. The van der Waals surface area contributed by atoms with Crippen molar-refractivity contribution in [3.8, 4) is 0 Å². The molecule has 1 aromatic rings. The van der Waals surface area contributed by atoms with Crippen LogP contribution >= 0.6 is 0 Å². The number of hydrogen-bond acceptors (Lipinski definition) is 4. The van der Waals surface area contributed by atoms with Crippen LogP contribution in [0, 0.1) is 0 Å². The van der Waals surface area contributed by atoms with E-state index in [9.17, 15) is 5.11 Å². The minimum absolute atomic E-state index is 0.0188. The third-order valence-corrected chi connectivity index (χ3v) is 3.12. The van der Waals surface area contributed by atoms with Crippen molar-refractivity contribution in [1.82, 2.24) is 9.78 Å². The molecule has 0 aromatic carbocycles. The lowest BCUT2D eigenvalue weighted by molar-refractivity contribution is -0.0771. The predicted octanol–water partition coefficient (Wildman–Crippen LogP) is 0.647. The van der Waals surface area contributed by atoms with Gasteiger partial charge in [0.1, 0.15) is 6.79 Å². The van der Waals surface area contributed by atoms with E-state index >= 15 is 0 Å². The maximum absolute atomic E-state index is 9.71. The summed E-state index contributed by atoms with van der Waals surface area (Å²) < 4.78 is 12.3. The predicted molar refractivity (Wildman–Crippen MR) is 57.9 cm³/mol. The molecule has 1 aliphatic rings. The van der Waals surface area contributed by atoms with Gasteiger partial charge < -0.3 is 14.6 Å². The van der Waals surface area contributed by atoms with Crippen LogP contribution in [0.3, 0.4) is 0 Å². The Balaban J connectivity index is 2.09. The highest BCUT2D eigenvalue weighted by atomic mass is 16.7. The highest BCUT2D eigenvalue weighted by Crippen LogP contribution is 2.36. The maximum Gasteiger partial charge on any atom is 0.146 e. The molecular weight excluding hydrogens is 208 g/mol. The summed E-state index contributed by atoms with van der Waals surface area (Å²) in [5.74, 6) is 0.206. The Morgan fingerprint density at radius 2 is 2.38 bits per heavy atom. The van der Waals surface area contributed by atoms with Gasteiger partial charge in [0.25, 0.3) is 0 Å². The molecule has 1 fully saturated rings. The summed E-state index contributed by atoms with van der Waals surface area (Å²) >= 11 is 0. The molecule has 0 saturated heterocycles. The summed E-state index contributed by atoms with van der Waals surface area (Å²) in [4.78, 5) is 0. The SMILES string of the molecule is COCOC1CC(O)CC1c1ccnn1C. The van der Waals surface area contributed by atoms with E-state index in [1.165, 1.54) is 0 Å². The number of methoxy groups -OCH3 is 1. The van der Waals surface area contributed by atoms with Gasteiger partial charge in [-0.1, -0.05) is 0 Å². The largest absolute Gasteiger partial charge is 0.393 e. The molecule has 0 aliphatic heterocycles. The quantitative estimate of drug-likeness (QED) is 0.766. The number of aromatic nitrogens is 2. The number of ether oxygens (including phenoxy) is 2. The van der Waals surface area contributed by atoms with Crippen molar-refractivity contribution >= 4 is 0 Å². The van der Waals surface area contributed by atoms with Gasteiger partial charge in [0.05, 0.1) is 12.2 Å². The van der Waals surface area contributed by atoms with E-state index in [0.717, 1.165) is 12.1 Å². The molecule has 0 spiro atoms. The van der Waals surface area contributed by atoms with E-state index in [2.05, 4.69) is 5.10 Å². The minimum atomic E-state index is -0.290. The van der Waals surface area contributed by atoms with Gasteiger partial charge in [-0.3, -0.25) is 4.68 Å². The first-order valence-electron chi connectivity index (χ1n) is 5.49. The average molecular weight is 226 g/mol. The molecule has 1 heterocycles. The van der Waals surface area contributed by atoms with Crippen LogP contribution in [0.2, 0.25) is 0 Å². The molecule has 5 heteroatoms. The number of rotatable bonds is 4. The zero-order valence-corrected chi connectivity index (χ0v) is 9.67. The van der Waals surface area contributed by atoms with Crippen LogP contribution in [0.4, 0.5) is 0 Å². The fourth-order valence-electron chi connectivity index (χ4n) is 2.37. The van der Waals surface area contributed by atoms with E-state index < -0.39 is 0 Å². The first kappa shape index (κ1) is 11.6. The second-order valence-corrected chi connectivity index (χ2v) is 4.22. The fraction of sp³-hybridized carbons (Fsp3) is 0.727. The van der Waals surface area contributed by atoms with Crippen LogP contribution < -0.4 is 0 Å². The minimum Gasteiger partial charge on any atom is -0.393 e. The van der Waals surface area contributed by atoms with Crippen molar-refractivity contribution in [3.63, 3.8) is 0 Å². The van der Waals surface area contributed by atoms with Gasteiger partial charge in [0.2, 0.25) is 0 Å². The lowest BCUT2D eigenvalue weighted by atomic mass is 10.0. The Kier molecular flexibility index (Phi) is 3.58. The zero-order chi connectivity index (χ0) is 11.5. The highest BCUT2D eigenvalue weighted by molar-refractivity contribution is 5.13. The van der Waals surface area contributed by atoms with Crippen LogP contribution in [0.25, 0.3) is 0 Å². The third-order valence-electron chi connectivity index (χ3n) is 3.12. The molecule has 1 saturated carbocycles. The molecule has 0 bridgehead atoms. The van der Waals surface area contributed by atoms with Crippen LogP contribution in [-0.2, 0) is 16.5 Å². The monoisotopic (exact) mass is 226 g/mol. The topological polar surface area (TPSA) is 56.5 Å². The molecule has 0 radical (unpaired) electrons. The number of hydrogen-bond donors (Lipinski definition) is 1. The summed E-state index contributed by atoms with van der Waals surface area (Å²) in [5.41, 5.74) is 1.11. The molecule has 3 atom stereocenters. The summed E-state index contributed by atoms with van der Waals surface area (Å²) in [6.07, 6.45) is 2.90. The van der Waals surface area contributed by atoms with Gasteiger partial charge >= 0.3 is 0 Å². The van der Waals surface area contributed by atoms with E-state index in [-0.39, 0.29) is 24.9 Å². The fourth-order valence-corrected chi connectivity index (χ4v) is 2.37. The molecule has 3 unspecified atom stereocenters. The van der Waals surface area contributed by atoms with Gasteiger partial charge in [-0.15, -0.1) is 0 Å². The Labute approximate surface area is 95.0 Å². The van der Waals surface area contributed by atoms with E-state index in [4.69, 9.17) is 9.47 Å². The van der Waals surface area contributed by atoms with E-state index in [1.54, 1.807) is 13.3 Å². The van der Waals surface area contributed by atoms with Gasteiger partial charge in [-0.2, -0.15) is 5.10 Å². The Bertz CT molecular complexity index is 340. The van der Waals surface area contributed by atoms with Gasteiger partial charge in [-0.25, -0.2) is 0 Å². The van der Waals surface area contributed by atoms with Crippen LogP contribution in [0.1, 0.15) is 24.5 Å². The van der Waals surface area contributed by atoms with Gasteiger partial charge in [-0.05, 0) is 12.5 Å². The molecule has 1 N–H and O–H groups in total. The Morgan fingerprint density at radius 1 is 1.56 bits per heavy atom. The van der Waals surface area contributed by atoms with Crippen molar-refractivity contribution in [2.45, 2.75) is 31.0 Å². The number of aliphatic hydroxyl groups is 1. The smallest absolute Gasteiger partial charge is 0.146 e. The highest BCUT2D eigenvalue weighted by Gasteiger charge is 2.36. The van der Waals surface area contributed by atoms with E-state index in [0.29, 0.717) is 6.42 Å². The number of aryl methyl sites for hydroxylation is 1. The van der Waals surface area contributed by atoms with E-state index in [1.807, 2.05) is 17.8 Å². The Hall–Kier alpha value is -0.910. The molecule has 2 rings (SSSR count). The molecule has 0 amide bonds. The molecule has 5 nitrogen and oxygen atoms in total. The molecule has 1 aliphatic carbocycles. The summed E-state index contributed by atoms with van der Waals surface area (Å²) in [7, 11) is 3.51. The average Bonchev–Trinajstić information content (AvgIpc) is 2.81. The second-order valence-electron chi connectivity index (χ2n) is 4.22. The summed E-state index contributed by atoms with van der Waals surface area (Å²) in [6.45, 7) is 0.270. The van der Waals surface area contributed by atoms with Crippen molar-refractivity contribution in [2.24, 2.45) is 7.05 Å². The first-order chi connectivity index (χ1) is 7.72. The van der Waals surface area contributed by atoms with Crippen molar-refractivity contribution in [3.05, 3.63) is 18.0 Å². The molecule has 1 aromatic heterocycles. The number of nitrogens with zero attached hydrogens (tertiary/aromatic N) is 2.